The molecule has 5 nitrogen and oxygen atoms in total. The van der Waals surface area contributed by atoms with Gasteiger partial charge < -0.3 is 15.8 Å². The zero-order valence-electron chi connectivity index (χ0n) is 13.2. The number of thiazole rings is 1. The van der Waals surface area contributed by atoms with Crippen LogP contribution in [0.3, 0.4) is 0 Å². The van der Waals surface area contributed by atoms with Crippen LogP contribution in [0.1, 0.15) is 23.3 Å². The van der Waals surface area contributed by atoms with Crippen molar-refractivity contribution in [3.8, 4) is 0 Å². The van der Waals surface area contributed by atoms with Crippen LogP contribution in [0.15, 0.2) is 30.5 Å². The summed E-state index contributed by atoms with van der Waals surface area (Å²) < 4.78 is 19.0. The zero-order chi connectivity index (χ0) is 16.9. The first-order valence-electron chi connectivity index (χ1n) is 7.96. The lowest BCUT2D eigenvalue weighted by Crippen LogP contribution is -2.43. The molecule has 128 valence electrons. The molecule has 24 heavy (non-hydrogen) atoms. The maximum Gasteiger partial charge on any atom is 0.243 e. The predicted octanol–water partition coefficient (Wildman–Crippen LogP) is 2.57. The Balaban J connectivity index is 1.59. The van der Waals surface area contributed by atoms with E-state index in [2.05, 4.69) is 10.3 Å². The van der Waals surface area contributed by atoms with Crippen LogP contribution in [0.5, 0.6) is 0 Å². The van der Waals surface area contributed by atoms with Gasteiger partial charge in [0.2, 0.25) is 5.91 Å². The molecule has 3 N–H and O–H groups in total. The summed E-state index contributed by atoms with van der Waals surface area (Å²) in [5, 5.41) is 3.26. The van der Waals surface area contributed by atoms with Gasteiger partial charge in [-0.25, -0.2) is 9.37 Å². The number of amides is 1. The molecule has 2 aromatic rings. The van der Waals surface area contributed by atoms with Gasteiger partial charge in [0, 0.05) is 30.7 Å². The number of aromatic nitrogens is 1. The van der Waals surface area contributed by atoms with Crippen molar-refractivity contribution in [1.29, 1.82) is 0 Å². The summed E-state index contributed by atoms with van der Waals surface area (Å²) in [5.41, 5.74) is 6.66. The van der Waals surface area contributed by atoms with Crippen molar-refractivity contribution < 1.29 is 13.9 Å². The molecule has 1 aromatic carbocycles. The Kier molecular flexibility index (Phi) is 5.55. The first-order valence-corrected chi connectivity index (χ1v) is 8.77. The van der Waals surface area contributed by atoms with Gasteiger partial charge in [0.1, 0.15) is 5.82 Å². The van der Waals surface area contributed by atoms with Gasteiger partial charge in [-0.05, 0) is 30.4 Å². The van der Waals surface area contributed by atoms with E-state index in [1.165, 1.54) is 17.4 Å². The molecule has 2 heterocycles. The fraction of sp³-hybridized carbons (Fsp3) is 0.412. The summed E-state index contributed by atoms with van der Waals surface area (Å²) >= 11 is 1.34. The third-order valence-electron chi connectivity index (χ3n) is 4.18. The molecule has 0 spiro atoms. The van der Waals surface area contributed by atoms with Gasteiger partial charge in [0.05, 0.1) is 6.04 Å². The average molecular weight is 349 g/mol. The highest BCUT2D eigenvalue weighted by molar-refractivity contribution is 7.15. The van der Waals surface area contributed by atoms with E-state index in [-0.39, 0.29) is 17.6 Å². The number of rotatable bonds is 5. The number of benzene rings is 1. The van der Waals surface area contributed by atoms with Crippen molar-refractivity contribution >= 4 is 22.4 Å². The summed E-state index contributed by atoms with van der Waals surface area (Å²) in [5.74, 6) is -0.330. The Morgan fingerprint density at radius 3 is 2.92 bits per heavy atom. The molecule has 1 aliphatic heterocycles. The van der Waals surface area contributed by atoms with Crippen LogP contribution in [0.25, 0.3) is 0 Å². The van der Waals surface area contributed by atoms with E-state index in [1.807, 2.05) is 0 Å². The summed E-state index contributed by atoms with van der Waals surface area (Å²) in [7, 11) is 0. The van der Waals surface area contributed by atoms with E-state index in [1.54, 1.807) is 24.4 Å². The van der Waals surface area contributed by atoms with Crippen LogP contribution in [-0.4, -0.2) is 30.1 Å². The van der Waals surface area contributed by atoms with Gasteiger partial charge >= 0.3 is 0 Å². The van der Waals surface area contributed by atoms with Crippen LogP contribution in [0, 0.1) is 11.7 Å². The topological polar surface area (TPSA) is 77.2 Å². The normalized spacial score (nSPS) is 16.8. The van der Waals surface area contributed by atoms with Gasteiger partial charge in [0.25, 0.3) is 0 Å². The van der Waals surface area contributed by atoms with Crippen molar-refractivity contribution in [2.45, 2.75) is 25.3 Å². The van der Waals surface area contributed by atoms with E-state index < -0.39 is 6.04 Å². The van der Waals surface area contributed by atoms with Gasteiger partial charge in [-0.2, -0.15) is 0 Å². The van der Waals surface area contributed by atoms with Crippen molar-refractivity contribution in [3.05, 3.63) is 46.7 Å². The molecule has 7 heteroatoms. The largest absolute Gasteiger partial charge is 0.381 e. The highest BCUT2D eigenvalue weighted by atomic mass is 32.1. The molecular weight excluding hydrogens is 329 g/mol. The third kappa shape index (κ3) is 4.17. The first kappa shape index (κ1) is 17.0. The van der Waals surface area contributed by atoms with Crippen molar-refractivity contribution in [2.75, 3.05) is 18.5 Å². The molecule has 0 radical (unpaired) electrons. The summed E-state index contributed by atoms with van der Waals surface area (Å²) in [6, 6.07) is 6.08. The Hall–Kier alpha value is -1.83. The number of hydrogen-bond donors (Lipinski definition) is 2. The Morgan fingerprint density at radius 2 is 2.17 bits per heavy atom. The van der Waals surface area contributed by atoms with E-state index in [9.17, 15) is 9.18 Å². The van der Waals surface area contributed by atoms with Crippen LogP contribution in [0.4, 0.5) is 9.52 Å². The Bertz CT molecular complexity index is 701. The first-order chi connectivity index (χ1) is 11.6. The number of carbonyl (C=O) groups is 1. The summed E-state index contributed by atoms with van der Waals surface area (Å²) in [4.78, 5) is 17.3. The number of carbonyl (C=O) groups excluding carboxylic acids is 1. The van der Waals surface area contributed by atoms with Gasteiger partial charge in [-0.15, -0.1) is 11.3 Å². The van der Waals surface area contributed by atoms with Crippen LogP contribution in [-0.2, 0) is 16.0 Å². The lowest BCUT2D eigenvalue weighted by Gasteiger charge is -2.26. The molecule has 1 aliphatic rings. The SMILES string of the molecule is NC(C(=O)Nc1ncc(Cc2ccccc2F)s1)C1CCOCC1. The van der Waals surface area contributed by atoms with Crippen LogP contribution in [0.2, 0.25) is 0 Å². The van der Waals surface area contributed by atoms with E-state index >= 15 is 0 Å². The van der Waals surface area contributed by atoms with Crippen molar-refractivity contribution in [2.24, 2.45) is 11.7 Å². The monoisotopic (exact) mass is 349 g/mol. The predicted molar refractivity (Wildman–Crippen MR) is 91.5 cm³/mol. The smallest absolute Gasteiger partial charge is 0.243 e. The minimum atomic E-state index is -0.562. The van der Waals surface area contributed by atoms with E-state index in [0.29, 0.717) is 30.3 Å². The van der Waals surface area contributed by atoms with E-state index in [4.69, 9.17) is 10.5 Å². The fourth-order valence-corrected chi connectivity index (χ4v) is 3.59. The van der Waals surface area contributed by atoms with E-state index in [0.717, 1.165) is 17.7 Å². The number of nitrogens with one attached hydrogen (secondary N) is 1. The fourth-order valence-electron chi connectivity index (χ4n) is 2.75. The number of nitrogens with zero attached hydrogens (tertiary/aromatic N) is 1. The second-order valence-electron chi connectivity index (χ2n) is 5.86. The highest BCUT2D eigenvalue weighted by Gasteiger charge is 2.27. The summed E-state index contributed by atoms with van der Waals surface area (Å²) in [6.07, 6.45) is 3.70. The molecule has 0 bridgehead atoms. The second-order valence-corrected chi connectivity index (χ2v) is 6.98. The maximum absolute atomic E-state index is 13.7. The maximum atomic E-state index is 13.7. The minimum absolute atomic E-state index is 0.136. The van der Waals surface area contributed by atoms with Gasteiger partial charge in [-0.3, -0.25) is 4.79 Å². The molecule has 1 saturated heterocycles. The Morgan fingerprint density at radius 1 is 1.42 bits per heavy atom. The third-order valence-corrected chi connectivity index (χ3v) is 5.10. The lowest BCUT2D eigenvalue weighted by molar-refractivity contribution is -0.119. The van der Waals surface area contributed by atoms with Gasteiger partial charge in [0.15, 0.2) is 5.13 Å². The Labute approximate surface area is 144 Å². The summed E-state index contributed by atoms with van der Waals surface area (Å²) in [6.45, 7) is 1.30. The number of ether oxygens (including phenoxy) is 1. The van der Waals surface area contributed by atoms with Crippen LogP contribution >= 0.6 is 11.3 Å². The standard InChI is InChI=1S/C17H20FN3O2S/c18-14-4-2-1-3-12(14)9-13-10-20-17(24-13)21-16(22)15(19)11-5-7-23-8-6-11/h1-4,10-11,15H,5-9,19H2,(H,20,21,22). The second kappa shape index (κ2) is 7.83. The van der Waals surface area contributed by atoms with Crippen LogP contribution < -0.4 is 11.1 Å². The molecule has 1 atom stereocenters. The molecule has 3 rings (SSSR count). The highest BCUT2D eigenvalue weighted by Crippen LogP contribution is 2.24. The van der Waals surface area contributed by atoms with Crippen molar-refractivity contribution in [3.63, 3.8) is 0 Å². The molecule has 1 unspecified atom stereocenters. The molecule has 1 fully saturated rings. The van der Waals surface area contributed by atoms with Crippen molar-refractivity contribution in [1.82, 2.24) is 4.98 Å². The molecule has 1 aromatic heterocycles. The lowest BCUT2D eigenvalue weighted by atomic mass is 9.92. The number of anilines is 1. The zero-order valence-corrected chi connectivity index (χ0v) is 14.0. The molecule has 0 aliphatic carbocycles. The number of nitrogens with two attached hydrogens (primary N) is 1. The van der Waals surface area contributed by atoms with Gasteiger partial charge in [-0.1, -0.05) is 18.2 Å². The molecule has 1 amide bonds. The minimum Gasteiger partial charge on any atom is -0.381 e. The molecule has 0 saturated carbocycles. The number of hydrogen-bond acceptors (Lipinski definition) is 5. The average Bonchev–Trinajstić information content (AvgIpc) is 3.04. The molecular formula is C17H20FN3O2S. The number of halogens is 1. The quantitative estimate of drug-likeness (QED) is 0.870.